The number of rotatable bonds is 0. The molecule has 1 fully saturated rings. The van der Waals surface area contributed by atoms with E-state index in [9.17, 15) is 5.11 Å². The summed E-state index contributed by atoms with van der Waals surface area (Å²) in [6.07, 6.45) is 1.73. The zero-order valence-corrected chi connectivity index (χ0v) is 11.6. The van der Waals surface area contributed by atoms with Gasteiger partial charge in [0.05, 0.1) is 16.7 Å². The predicted molar refractivity (Wildman–Crippen MR) is 75.5 cm³/mol. The van der Waals surface area contributed by atoms with Crippen LogP contribution in [0.15, 0.2) is 0 Å². The molecule has 2 aliphatic rings. The lowest BCUT2D eigenvalue weighted by Gasteiger charge is -2.47. The standard InChI is InChI=1S/C13H18N6O/c1-6-7-3-4-13(2,20)5-19(7)11-8-9(6)17-18-10(8)15-12(14)16-11/h6-7,20H,3-5H2,1-2H3,(H3,14,15,16,17,18). The Morgan fingerprint density at radius 3 is 3.05 bits per heavy atom. The SMILES string of the molecule is CC1c2[nH]nc3nc(N)nc(c23)N2CC(C)(O)CCC12. The Hall–Kier alpha value is -1.89. The zero-order chi connectivity index (χ0) is 14.1. The number of fused-ring (bicyclic) bond motifs is 2. The van der Waals surface area contributed by atoms with E-state index in [-0.39, 0.29) is 5.95 Å². The normalized spacial score (nSPS) is 32.5. The smallest absolute Gasteiger partial charge is 0.224 e. The number of nitrogens with two attached hydrogens (primary N) is 1. The number of piperidine rings is 1. The molecule has 3 atom stereocenters. The molecule has 2 aromatic rings. The van der Waals surface area contributed by atoms with Gasteiger partial charge in [0, 0.05) is 18.5 Å². The van der Waals surface area contributed by atoms with Gasteiger partial charge in [0.25, 0.3) is 0 Å². The molecule has 0 aliphatic carbocycles. The molecular weight excluding hydrogens is 256 g/mol. The number of aliphatic hydroxyl groups is 1. The Balaban J connectivity index is 1.96. The van der Waals surface area contributed by atoms with Gasteiger partial charge in [-0.25, -0.2) is 0 Å². The van der Waals surface area contributed by atoms with Gasteiger partial charge in [-0.05, 0) is 19.8 Å². The van der Waals surface area contributed by atoms with E-state index < -0.39 is 5.60 Å². The van der Waals surface area contributed by atoms with Crippen molar-refractivity contribution < 1.29 is 5.11 Å². The number of H-pyrrole nitrogens is 1. The molecule has 2 aliphatic heterocycles. The predicted octanol–water partition coefficient (Wildman–Crippen LogP) is 0.772. The maximum atomic E-state index is 10.4. The highest BCUT2D eigenvalue weighted by Gasteiger charge is 2.43. The van der Waals surface area contributed by atoms with Crippen LogP contribution in [0.1, 0.15) is 38.3 Å². The molecule has 0 bridgehead atoms. The fourth-order valence-corrected chi connectivity index (χ4v) is 3.60. The van der Waals surface area contributed by atoms with E-state index in [4.69, 9.17) is 5.73 Å². The number of nitrogens with one attached hydrogen (secondary N) is 1. The average molecular weight is 274 g/mol. The van der Waals surface area contributed by atoms with Crippen LogP contribution in [0.25, 0.3) is 11.0 Å². The fourth-order valence-electron chi connectivity index (χ4n) is 3.60. The van der Waals surface area contributed by atoms with E-state index in [2.05, 4.69) is 32.0 Å². The summed E-state index contributed by atoms with van der Waals surface area (Å²) in [4.78, 5) is 10.8. The second kappa shape index (κ2) is 3.60. The highest BCUT2D eigenvalue weighted by molar-refractivity contribution is 5.92. The molecule has 0 radical (unpaired) electrons. The summed E-state index contributed by atoms with van der Waals surface area (Å²) in [5.74, 6) is 1.35. The van der Waals surface area contributed by atoms with Crippen LogP contribution < -0.4 is 10.6 Å². The second-order valence-electron chi connectivity index (χ2n) is 6.26. The minimum absolute atomic E-state index is 0.226. The molecule has 106 valence electrons. The number of aromatic amines is 1. The number of hydrogen-bond donors (Lipinski definition) is 3. The molecular formula is C13H18N6O. The summed E-state index contributed by atoms with van der Waals surface area (Å²) in [6, 6.07) is 0.320. The monoisotopic (exact) mass is 274 g/mol. The van der Waals surface area contributed by atoms with Crippen molar-refractivity contribution in [1.29, 1.82) is 0 Å². The summed E-state index contributed by atoms with van der Waals surface area (Å²) in [5.41, 5.74) is 6.79. The number of aromatic nitrogens is 4. The molecule has 4 N–H and O–H groups in total. The third-order valence-electron chi connectivity index (χ3n) is 4.63. The van der Waals surface area contributed by atoms with E-state index in [0.29, 0.717) is 24.2 Å². The van der Waals surface area contributed by atoms with Gasteiger partial charge in [-0.15, -0.1) is 0 Å². The van der Waals surface area contributed by atoms with Crippen molar-refractivity contribution in [3.63, 3.8) is 0 Å². The molecule has 7 heteroatoms. The molecule has 20 heavy (non-hydrogen) atoms. The lowest BCUT2D eigenvalue weighted by atomic mass is 9.81. The van der Waals surface area contributed by atoms with E-state index in [1.165, 1.54) is 0 Å². The highest BCUT2D eigenvalue weighted by atomic mass is 16.3. The number of hydrogen-bond acceptors (Lipinski definition) is 6. The maximum absolute atomic E-state index is 10.4. The van der Waals surface area contributed by atoms with Crippen LogP contribution in [-0.4, -0.2) is 43.5 Å². The molecule has 4 rings (SSSR count). The van der Waals surface area contributed by atoms with Gasteiger partial charge in [0.1, 0.15) is 5.82 Å². The third kappa shape index (κ3) is 1.46. The minimum atomic E-state index is -0.691. The van der Waals surface area contributed by atoms with Crippen molar-refractivity contribution in [2.24, 2.45) is 0 Å². The van der Waals surface area contributed by atoms with Crippen molar-refractivity contribution in [2.75, 3.05) is 17.2 Å². The minimum Gasteiger partial charge on any atom is -0.388 e. The fraction of sp³-hybridized carbons (Fsp3) is 0.615. The van der Waals surface area contributed by atoms with Gasteiger partial charge in [-0.2, -0.15) is 15.1 Å². The van der Waals surface area contributed by atoms with Crippen molar-refractivity contribution >= 4 is 22.8 Å². The average Bonchev–Trinajstić information content (AvgIpc) is 2.78. The van der Waals surface area contributed by atoms with Crippen LogP contribution in [0, 0.1) is 0 Å². The summed E-state index contributed by atoms with van der Waals surface area (Å²) < 4.78 is 0. The first-order valence-corrected chi connectivity index (χ1v) is 6.97. The van der Waals surface area contributed by atoms with Crippen LogP contribution in [0.4, 0.5) is 11.8 Å². The number of nitrogens with zero attached hydrogens (tertiary/aromatic N) is 4. The summed E-state index contributed by atoms with van der Waals surface area (Å²) >= 11 is 0. The Labute approximate surface area is 116 Å². The molecule has 1 saturated heterocycles. The van der Waals surface area contributed by atoms with Crippen LogP contribution in [0.3, 0.4) is 0 Å². The van der Waals surface area contributed by atoms with Crippen LogP contribution in [-0.2, 0) is 0 Å². The van der Waals surface area contributed by atoms with E-state index in [0.717, 1.165) is 29.7 Å². The molecule has 7 nitrogen and oxygen atoms in total. The van der Waals surface area contributed by atoms with Crippen molar-refractivity contribution in [2.45, 2.75) is 44.2 Å². The number of nitrogen functional groups attached to an aromatic ring is 1. The molecule has 0 aromatic carbocycles. The van der Waals surface area contributed by atoms with Crippen molar-refractivity contribution in [3.05, 3.63) is 5.69 Å². The maximum Gasteiger partial charge on any atom is 0.224 e. The molecule has 0 amide bonds. The molecule has 0 saturated carbocycles. The Bertz CT molecular complexity index is 693. The van der Waals surface area contributed by atoms with E-state index in [1.54, 1.807) is 0 Å². The Kier molecular flexibility index (Phi) is 2.14. The van der Waals surface area contributed by atoms with Gasteiger partial charge >= 0.3 is 0 Å². The first-order chi connectivity index (χ1) is 9.46. The molecule has 0 spiro atoms. The summed E-state index contributed by atoms with van der Waals surface area (Å²) in [5, 5.41) is 18.7. The highest BCUT2D eigenvalue weighted by Crippen LogP contribution is 2.44. The lowest BCUT2D eigenvalue weighted by Crippen LogP contribution is -2.54. The Morgan fingerprint density at radius 1 is 1.45 bits per heavy atom. The molecule has 2 aromatic heterocycles. The largest absolute Gasteiger partial charge is 0.388 e. The van der Waals surface area contributed by atoms with Gasteiger partial charge < -0.3 is 15.7 Å². The molecule has 4 heterocycles. The van der Waals surface area contributed by atoms with Gasteiger partial charge in [-0.1, -0.05) is 6.92 Å². The van der Waals surface area contributed by atoms with E-state index in [1.807, 2.05) is 6.92 Å². The third-order valence-corrected chi connectivity index (χ3v) is 4.63. The van der Waals surface area contributed by atoms with Crippen LogP contribution >= 0.6 is 0 Å². The Morgan fingerprint density at radius 2 is 2.25 bits per heavy atom. The van der Waals surface area contributed by atoms with Crippen LogP contribution in [0.5, 0.6) is 0 Å². The quantitative estimate of drug-likeness (QED) is 0.655. The van der Waals surface area contributed by atoms with Gasteiger partial charge in [-0.3, -0.25) is 5.10 Å². The summed E-state index contributed by atoms with van der Waals surface area (Å²) in [6.45, 7) is 4.63. The topological polar surface area (TPSA) is 104 Å². The summed E-state index contributed by atoms with van der Waals surface area (Å²) in [7, 11) is 0. The van der Waals surface area contributed by atoms with Gasteiger partial charge in [0.2, 0.25) is 5.95 Å². The lowest BCUT2D eigenvalue weighted by molar-refractivity contribution is 0.0337. The number of anilines is 2. The zero-order valence-electron chi connectivity index (χ0n) is 11.6. The molecule has 3 unspecified atom stereocenters. The van der Waals surface area contributed by atoms with Crippen molar-refractivity contribution in [1.82, 2.24) is 20.2 Å². The van der Waals surface area contributed by atoms with Crippen molar-refractivity contribution in [3.8, 4) is 0 Å². The first-order valence-electron chi connectivity index (χ1n) is 6.97. The van der Waals surface area contributed by atoms with E-state index >= 15 is 0 Å². The van der Waals surface area contributed by atoms with Gasteiger partial charge in [0.15, 0.2) is 5.65 Å². The van der Waals surface area contributed by atoms with Crippen LogP contribution in [0.2, 0.25) is 0 Å². The first kappa shape index (κ1) is 11.9. The second-order valence-corrected chi connectivity index (χ2v) is 6.26.